The van der Waals surface area contributed by atoms with Gasteiger partial charge in [-0.15, -0.1) is 0 Å². The van der Waals surface area contributed by atoms with Gasteiger partial charge in [-0.05, 0) is 40.2 Å². The van der Waals surface area contributed by atoms with Crippen LogP contribution in [0.4, 0.5) is 5.69 Å². The fourth-order valence-corrected chi connectivity index (χ4v) is 1.89. The molecule has 0 spiro atoms. The van der Waals surface area contributed by atoms with Crippen LogP contribution >= 0.6 is 15.9 Å². The Morgan fingerprint density at radius 1 is 1.44 bits per heavy atom. The number of allylic oxidation sites excluding steroid dienone is 2. The van der Waals surface area contributed by atoms with Crippen molar-refractivity contribution in [2.24, 2.45) is 0 Å². The van der Waals surface area contributed by atoms with Crippen molar-refractivity contribution in [1.29, 1.82) is 0 Å². The third kappa shape index (κ3) is 2.28. The van der Waals surface area contributed by atoms with Crippen molar-refractivity contribution in [3.8, 4) is 5.75 Å². The minimum atomic E-state index is -0.645. The minimum absolute atomic E-state index is 0.645. The predicted molar refractivity (Wildman–Crippen MR) is 67.6 cm³/mol. The summed E-state index contributed by atoms with van der Waals surface area (Å²) < 4.78 is 6.07. The fraction of sp³-hybridized carbons (Fsp3) is 0.167. The number of rotatable bonds is 2. The lowest BCUT2D eigenvalue weighted by Crippen LogP contribution is -2.30. The first-order valence-corrected chi connectivity index (χ1v) is 5.66. The van der Waals surface area contributed by atoms with E-state index in [-0.39, 0.29) is 0 Å². The summed E-state index contributed by atoms with van der Waals surface area (Å²) in [6, 6.07) is 7.55. The predicted octanol–water partition coefficient (Wildman–Crippen LogP) is 2.63. The molecule has 1 aliphatic rings. The van der Waals surface area contributed by atoms with Gasteiger partial charge in [0.2, 0.25) is 0 Å². The highest BCUT2D eigenvalue weighted by atomic mass is 79.9. The fourth-order valence-electron chi connectivity index (χ4n) is 1.52. The van der Waals surface area contributed by atoms with E-state index in [1.165, 1.54) is 0 Å². The summed E-state index contributed by atoms with van der Waals surface area (Å²) in [5, 5.41) is 9.84. The molecular formula is C12H12BrNO2. The summed E-state index contributed by atoms with van der Waals surface area (Å²) in [6.07, 6.45) is 4.72. The van der Waals surface area contributed by atoms with Crippen LogP contribution in [0.5, 0.6) is 5.75 Å². The summed E-state index contributed by atoms with van der Waals surface area (Å²) in [5.41, 5.74) is 0.883. The highest BCUT2D eigenvalue weighted by Crippen LogP contribution is 2.26. The lowest BCUT2D eigenvalue weighted by Gasteiger charge is -2.27. The van der Waals surface area contributed by atoms with Crippen molar-refractivity contribution in [1.82, 2.24) is 0 Å². The van der Waals surface area contributed by atoms with E-state index in [0.29, 0.717) is 0 Å². The molecule has 0 bridgehead atoms. The summed E-state index contributed by atoms with van der Waals surface area (Å²) in [5.74, 6) is 0.767. The van der Waals surface area contributed by atoms with E-state index in [0.717, 1.165) is 15.9 Å². The quantitative estimate of drug-likeness (QED) is 0.905. The van der Waals surface area contributed by atoms with Crippen LogP contribution in [0.15, 0.2) is 47.1 Å². The SMILES string of the molecule is COc1cccc(N2C=C(Br)C=CC2O)c1. The Balaban J connectivity index is 2.32. The number of nitrogens with zero attached hydrogens (tertiary/aromatic N) is 1. The number of aliphatic hydroxyl groups excluding tert-OH is 1. The Kier molecular flexibility index (Phi) is 3.31. The second kappa shape index (κ2) is 4.72. The molecule has 0 aliphatic carbocycles. The van der Waals surface area contributed by atoms with Gasteiger partial charge in [0.05, 0.1) is 7.11 Å². The highest BCUT2D eigenvalue weighted by Gasteiger charge is 2.15. The van der Waals surface area contributed by atoms with Crippen LogP contribution in [0.2, 0.25) is 0 Å². The average molecular weight is 282 g/mol. The van der Waals surface area contributed by atoms with Crippen LogP contribution in [0.25, 0.3) is 0 Å². The summed E-state index contributed by atoms with van der Waals surface area (Å²) in [4.78, 5) is 1.76. The van der Waals surface area contributed by atoms with Gasteiger partial charge in [-0.1, -0.05) is 6.07 Å². The molecule has 84 valence electrons. The van der Waals surface area contributed by atoms with Gasteiger partial charge in [-0.2, -0.15) is 0 Å². The number of methoxy groups -OCH3 is 1. The lowest BCUT2D eigenvalue weighted by atomic mass is 10.2. The molecule has 4 heteroatoms. The normalized spacial score (nSPS) is 19.6. The van der Waals surface area contributed by atoms with E-state index < -0.39 is 6.23 Å². The van der Waals surface area contributed by atoms with Crippen LogP contribution in [0.3, 0.4) is 0 Å². The maximum absolute atomic E-state index is 9.84. The minimum Gasteiger partial charge on any atom is -0.497 e. The molecule has 0 saturated carbocycles. The van der Waals surface area contributed by atoms with Crippen LogP contribution in [-0.4, -0.2) is 18.4 Å². The number of hydrogen-bond donors (Lipinski definition) is 1. The molecule has 1 aromatic rings. The van der Waals surface area contributed by atoms with Gasteiger partial charge in [-0.25, -0.2) is 0 Å². The van der Waals surface area contributed by atoms with Crippen molar-refractivity contribution in [2.45, 2.75) is 6.23 Å². The monoisotopic (exact) mass is 281 g/mol. The zero-order chi connectivity index (χ0) is 11.5. The van der Waals surface area contributed by atoms with Gasteiger partial charge in [0.1, 0.15) is 12.0 Å². The summed E-state index contributed by atoms with van der Waals surface area (Å²) >= 11 is 3.38. The Labute approximate surface area is 103 Å². The third-order valence-corrected chi connectivity index (χ3v) is 2.80. The van der Waals surface area contributed by atoms with Crippen LogP contribution in [0, 0.1) is 0 Å². The van der Waals surface area contributed by atoms with Crippen molar-refractivity contribution in [2.75, 3.05) is 12.0 Å². The molecule has 0 aromatic heterocycles. The number of anilines is 1. The Morgan fingerprint density at radius 3 is 3.00 bits per heavy atom. The maximum Gasteiger partial charge on any atom is 0.150 e. The number of halogens is 1. The van der Waals surface area contributed by atoms with Gasteiger partial charge in [0.15, 0.2) is 0 Å². The van der Waals surface area contributed by atoms with Gasteiger partial charge in [-0.3, -0.25) is 0 Å². The molecule has 1 atom stereocenters. The van der Waals surface area contributed by atoms with E-state index in [1.54, 1.807) is 18.1 Å². The Morgan fingerprint density at radius 2 is 2.25 bits per heavy atom. The molecule has 0 saturated heterocycles. The van der Waals surface area contributed by atoms with Gasteiger partial charge >= 0.3 is 0 Å². The van der Waals surface area contributed by atoms with Crippen LogP contribution in [0.1, 0.15) is 0 Å². The molecule has 1 heterocycles. The topological polar surface area (TPSA) is 32.7 Å². The Bertz CT molecular complexity index is 442. The molecular weight excluding hydrogens is 270 g/mol. The molecule has 16 heavy (non-hydrogen) atoms. The van der Waals surface area contributed by atoms with Crippen molar-refractivity contribution in [3.63, 3.8) is 0 Å². The molecule has 1 aromatic carbocycles. The number of ether oxygens (including phenoxy) is 1. The first-order chi connectivity index (χ1) is 7.70. The molecule has 2 rings (SSSR count). The first-order valence-electron chi connectivity index (χ1n) is 4.86. The number of aliphatic hydroxyl groups is 1. The largest absolute Gasteiger partial charge is 0.497 e. The number of benzene rings is 1. The van der Waals surface area contributed by atoms with E-state index in [9.17, 15) is 5.11 Å². The standard InChI is InChI=1S/C12H12BrNO2/c1-16-11-4-2-3-10(7-11)14-8-9(13)5-6-12(14)15/h2-8,12,15H,1H3. The second-order valence-corrected chi connectivity index (χ2v) is 4.31. The van der Waals surface area contributed by atoms with Crippen molar-refractivity contribution >= 4 is 21.6 Å². The molecule has 1 unspecified atom stereocenters. The molecule has 1 aliphatic heterocycles. The molecule has 3 nitrogen and oxygen atoms in total. The van der Waals surface area contributed by atoms with E-state index in [1.807, 2.05) is 36.5 Å². The van der Waals surface area contributed by atoms with E-state index in [2.05, 4.69) is 15.9 Å². The second-order valence-electron chi connectivity index (χ2n) is 3.40. The molecule has 0 fully saturated rings. The lowest BCUT2D eigenvalue weighted by molar-refractivity contribution is 0.226. The van der Waals surface area contributed by atoms with E-state index >= 15 is 0 Å². The van der Waals surface area contributed by atoms with Gasteiger partial charge in [0.25, 0.3) is 0 Å². The molecule has 0 amide bonds. The third-order valence-electron chi connectivity index (χ3n) is 2.33. The summed E-state index contributed by atoms with van der Waals surface area (Å²) in [6.45, 7) is 0. The maximum atomic E-state index is 9.84. The van der Waals surface area contributed by atoms with Gasteiger partial charge in [0, 0.05) is 22.4 Å². The number of hydrogen-bond acceptors (Lipinski definition) is 3. The zero-order valence-electron chi connectivity index (χ0n) is 8.80. The Hall–Kier alpha value is -1.26. The molecule has 1 N–H and O–H groups in total. The smallest absolute Gasteiger partial charge is 0.150 e. The van der Waals surface area contributed by atoms with Crippen LogP contribution in [-0.2, 0) is 0 Å². The highest BCUT2D eigenvalue weighted by molar-refractivity contribution is 9.11. The molecule has 0 radical (unpaired) electrons. The van der Waals surface area contributed by atoms with E-state index in [4.69, 9.17) is 4.74 Å². The van der Waals surface area contributed by atoms with Crippen molar-refractivity contribution in [3.05, 3.63) is 47.1 Å². The average Bonchev–Trinajstić information content (AvgIpc) is 2.32. The van der Waals surface area contributed by atoms with Crippen LogP contribution < -0.4 is 9.64 Å². The first kappa shape index (κ1) is 11.2. The zero-order valence-corrected chi connectivity index (χ0v) is 10.4. The summed E-state index contributed by atoms with van der Waals surface area (Å²) in [7, 11) is 1.62. The van der Waals surface area contributed by atoms with Crippen molar-refractivity contribution < 1.29 is 9.84 Å². The van der Waals surface area contributed by atoms with Gasteiger partial charge < -0.3 is 14.7 Å².